The van der Waals surface area contributed by atoms with Gasteiger partial charge in [-0.25, -0.2) is 4.79 Å². The number of carbonyl (C=O) groups excluding carboxylic acids is 3. The molecule has 0 spiro atoms. The van der Waals surface area contributed by atoms with E-state index in [0.717, 1.165) is 19.3 Å². The molecule has 4 amide bonds. The number of nitrogens with one attached hydrogen (secondary N) is 1. The molecule has 0 atom stereocenters. The highest BCUT2D eigenvalue weighted by atomic mass is 16.2. The topological polar surface area (TPSA) is 69.7 Å². The summed E-state index contributed by atoms with van der Waals surface area (Å²) in [6.07, 6.45) is 2.85. The number of hydrogen-bond donors (Lipinski definition) is 1. The van der Waals surface area contributed by atoms with Crippen LogP contribution in [0.15, 0.2) is 18.2 Å². The number of carbonyl (C=O) groups is 3. The Morgan fingerprint density at radius 1 is 1.04 bits per heavy atom. The molecule has 6 nitrogen and oxygen atoms in total. The smallest absolute Gasteiger partial charge is 0.321 e. The van der Waals surface area contributed by atoms with Crippen LogP contribution in [0.2, 0.25) is 0 Å². The van der Waals surface area contributed by atoms with E-state index in [4.69, 9.17) is 0 Å². The first-order valence-electron chi connectivity index (χ1n) is 9.29. The number of urea groups is 1. The summed E-state index contributed by atoms with van der Waals surface area (Å²) in [7, 11) is 0. The van der Waals surface area contributed by atoms with Gasteiger partial charge in [0.15, 0.2) is 0 Å². The second-order valence-corrected chi connectivity index (χ2v) is 7.65. The molecule has 0 aromatic heterocycles. The van der Waals surface area contributed by atoms with E-state index in [1.807, 2.05) is 27.7 Å². The Bertz CT molecular complexity index is 707. The van der Waals surface area contributed by atoms with Crippen LogP contribution in [0.25, 0.3) is 0 Å². The van der Waals surface area contributed by atoms with Gasteiger partial charge >= 0.3 is 6.03 Å². The molecule has 6 heteroatoms. The molecule has 1 aliphatic heterocycles. The Morgan fingerprint density at radius 2 is 1.69 bits per heavy atom. The van der Waals surface area contributed by atoms with Gasteiger partial charge in [-0.1, -0.05) is 20.3 Å². The summed E-state index contributed by atoms with van der Waals surface area (Å²) in [5.41, 5.74) is 0.676. The third-order valence-corrected chi connectivity index (χ3v) is 4.37. The van der Waals surface area contributed by atoms with Crippen LogP contribution in [-0.2, 0) is 0 Å². The van der Waals surface area contributed by atoms with Crippen LogP contribution in [0, 0.1) is 0 Å². The number of rotatable bonds is 6. The lowest BCUT2D eigenvalue weighted by atomic mass is 10.1. The maximum atomic E-state index is 12.7. The summed E-state index contributed by atoms with van der Waals surface area (Å²) in [5.74, 6) is -0.601. The number of nitrogens with zero attached hydrogens (tertiary/aromatic N) is 2. The van der Waals surface area contributed by atoms with E-state index in [9.17, 15) is 14.4 Å². The molecule has 0 saturated carbocycles. The van der Waals surface area contributed by atoms with Gasteiger partial charge in [0.2, 0.25) is 0 Å². The first kappa shape index (κ1) is 19.9. The van der Waals surface area contributed by atoms with Crippen molar-refractivity contribution in [3.8, 4) is 0 Å². The quantitative estimate of drug-likeness (QED) is 0.777. The summed E-state index contributed by atoms with van der Waals surface area (Å²) in [5, 5.41) is 2.86. The lowest BCUT2D eigenvalue weighted by molar-refractivity contribution is 0.0507. The van der Waals surface area contributed by atoms with Crippen LogP contribution >= 0.6 is 0 Å². The number of unbranched alkanes of at least 4 members (excludes halogenated alkanes) is 1. The predicted octanol–water partition coefficient (Wildman–Crippen LogP) is 4.13. The van der Waals surface area contributed by atoms with Crippen LogP contribution in [-0.4, -0.2) is 46.3 Å². The number of benzene rings is 1. The zero-order valence-corrected chi connectivity index (χ0v) is 16.4. The minimum atomic E-state index is -0.589. The van der Waals surface area contributed by atoms with E-state index < -0.39 is 5.54 Å². The normalized spacial score (nSPS) is 13.8. The van der Waals surface area contributed by atoms with E-state index in [1.54, 1.807) is 23.1 Å². The molecule has 0 bridgehead atoms. The molecule has 0 radical (unpaired) electrons. The largest absolute Gasteiger partial charge is 0.325 e. The molecule has 1 aromatic rings. The summed E-state index contributed by atoms with van der Waals surface area (Å²) in [6.45, 7) is 11.0. The van der Waals surface area contributed by atoms with Crippen molar-refractivity contribution in [2.24, 2.45) is 0 Å². The second-order valence-electron chi connectivity index (χ2n) is 7.65. The Morgan fingerprint density at radius 3 is 2.27 bits per heavy atom. The molecule has 1 N–H and O–H groups in total. The van der Waals surface area contributed by atoms with E-state index in [2.05, 4.69) is 12.2 Å². The number of anilines is 1. The maximum absolute atomic E-state index is 12.7. The molecule has 142 valence electrons. The average molecular weight is 359 g/mol. The molecule has 1 aromatic carbocycles. The van der Waals surface area contributed by atoms with Crippen molar-refractivity contribution in [2.75, 3.05) is 18.4 Å². The van der Waals surface area contributed by atoms with Crippen molar-refractivity contribution < 1.29 is 14.4 Å². The van der Waals surface area contributed by atoms with Gasteiger partial charge in [-0.05, 0) is 51.8 Å². The summed E-state index contributed by atoms with van der Waals surface area (Å²) >= 11 is 0. The molecule has 1 heterocycles. The van der Waals surface area contributed by atoms with Gasteiger partial charge in [0.05, 0.1) is 11.1 Å². The fraction of sp³-hybridized carbons (Fsp3) is 0.550. The summed E-state index contributed by atoms with van der Waals surface area (Å²) < 4.78 is 0. The zero-order valence-electron chi connectivity index (χ0n) is 16.4. The van der Waals surface area contributed by atoms with E-state index in [-0.39, 0.29) is 17.8 Å². The standard InChI is InChI=1S/C20H29N3O3/c1-6-8-12-22(11-7-2)19(26)21-14-9-10-15-16(13-14)18(25)23(17(15)24)20(3,4)5/h9-10,13H,6-8,11-12H2,1-5H3,(H,21,26). The molecular formula is C20H29N3O3. The fourth-order valence-corrected chi connectivity index (χ4v) is 3.06. The van der Waals surface area contributed by atoms with Gasteiger partial charge in [-0.15, -0.1) is 0 Å². The highest BCUT2D eigenvalue weighted by molar-refractivity contribution is 6.22. The zero-order chi connectivity index (χ0) is 19.5. The van der Waals surface area contributed by atoms with Crippen molar-refractivity contribution in [1.29, 1.82) is 0 Å². The number of amides is 4. The van der Waals surface area contributed by atoms with Gasteiger partial charge in [-0.2, -0.15) is 0 Å². The van der Waals surface area contributed by atoms with Crippen LogP contribution in [0.4, 0.5) is 10.5 Å². The van der Waals surface area contributed by atoms with E-state index >= 15 is 0 Å². The fourth-order valence-electron chi connectivity index (χ4n) is 3.06. The molecule has 1 aliphatic rings. The molecule has 0 saturated heterocycles. The van der Waals surface area contributed by atoms with Crippen molar-refractivity contribution in [2.45, 2.75) is 59.4 Å². The van der Waals surface area contributed by atoms with E-state index in [1.165, 1.54) is 4.90 Å². The second kappa shape index (κ2) is 7.89. The average Bonchev–Trinajstić information content (AvgIpc) is 2.82. The molecule has 0 aliphatic carbocycles. The van der Waals surface area contributed by atoms with Crippen LogP contribution in [0.3, 0.4) is 0 Å². The Hall–Kier alpha value is -2.37. The van der Waals surface area contributed by atoms with Crippen molar-refractivity contribution in [3.05, 3.63) is 29.3 Å². The number of imide groups is 1. The SMILES string of the molecule is CCCCN(CCC)C(=O)Nc1ccc2c(c1)C(=O)N(C(C)(C)C)C2=O. The number of hydrogen-bond acceptors (Lipinski definition) is 3. The van der Waals surface area contributed by atoms with E-state index in [0.29, 0.717) is 29.9 Å². The molecular weight excluding hydrogens is 330 g/mol. The third-order valence-electron chi connectivity index (χ3n) is 4.37. The lowest BCUT2D eigenvalue weighted by Crippen LogP contribution is -2.45. The van der Waals surface area contributed by atoms with Crippen LogP contribution < -0.4 is 5.32 Å². The lowest BCUT2D eigenvalue weighted by Gasteiger charge is -2.29. The van der Waals surface area contributed by atoms with Crippen LogP contribution in [0.5, 0.6) is 0 Å². The molecule has 2 rings (SSSR count). The van der Waals surface area contributed by atoms with Crippen molar-refractivity contribution >= 4 is 23.5 Å². The van der Waals surface area contributed by atoms with Crippen molar-refractivity contribution in [1.82, 2.24) is 9.80 Å². The Balaban J connectivity index is 2.20. The maximum Gasteiger partial charge on any atom is 0.321 e. The van der Waals surface area contributed by atoms with Gasteiger partial charge in [-0.3, -0.25) is 14.5 Å². The third kappa shape index (κ3) is 4.06. The highest BCUT2D eigenvalue weighted by Crippen LogP contribution is 2.31. The summed E-state index contributed by atoms with van der Waals surface area (Å²) in [4.78, 5) is 40.7. The predicted molar refractivity (Wildman–Crippen MR) is 102 cm³/mol. The Labute approximate surface area is 155 Å². The minimum Gasteiger partial charge on any atom is -0.325 e. The highest BCUT2D eigenvalue weighted by Gasteiger charge is 2.41. The van der Waals surface area contributed by atoms with Gasteiger partial charge < -0.3 is 10.2 Å². The van der Waals surface area contributed by atoms with Gasteiger partial charge in [0.1, 0.15) is 0 Å². The molecule has 0 fully saturated rings. The summed E-state index contributed by atoms with van der Waals surface area (Å²) in [6, 6.07) is 4.72. The number of fused-ring (bicyclic) bond motifs is 1. The first-order valence-corrected chi connectivity index (χ1v) is 9.29. The Kier molecular flexibility index (Phi) is 6.05. The van der Waals surface area contributed by atoms with Gasteiger partial charge in [0.25, 0.3) is 11.8 Å². The first-order chi connectivity index (χ1) is 12.2. The molecule has 0 unspecified atom stereocenters. The van der Waals surface area contributed by atoms with Gasteiger partial charge in [0, 0.05) is 24.3 Å². The minimum absolute atomic E-state index is 0.176. The monoisotopic (exact) mass is 359 g/mol. The van der Waals surface area contributed by atoms with Crippen LogP contribution in [0.1, 0.15) is 74.6 Å². The molecule has 26 heavy (non-hydrogen) atoms. The van der Waals surface area contributed by atoms with Crippen molar-refractivity contribution in [3.63, 3.8) is 0 Å².